The smallest absolute Gasteiger partial charge is 0.359 e. The van der Waals surface area contributed by atoms with Crippen LogP contribution in [-0.4, -0.2) is 24.8 Å². The van der Waals surface area contributed by atoms with E-state index in [2.05, 4.69) is 10.1 Å². The van der Waals surface area contributed by atoms with E-state index >= 15 is 0 Å². The number of benzene rings is 1. The summed E-state index contributed by atoms with van der Waals surface area (Å²) in [7, 11) is 0. The topological polar surface area (TPSA) is 38.3 Å². The van der Waals surface area contributed by atoms with E-state index in [9.17, 15) is 22.4 Å². The molecule has 0 bridgehead atoms. The molecule has 1 aromatic rings. The quantitative estimate of drug-likeness (QED) is 0.850. The Bertz CT molecular complexity index is 420. The average Bonchev–Trinajstić information content (AvgIpc) is 2.24. The van der Waals surface area contributed by atoms with Crippen LogP contribution in [0.4, 0.5) is 23.2 Å². The molecule has 1 amide bonds. The zero-order valence-corrected chi connectivity index (χ0v) is 9.42. The number of anilines is 1. The van der Waals surface area contributed by atoms with Crippen LogP contribution in [0.15, 0.2) is 24.3 Å². The Morgan fingerprint density at radius 2 is 2.11 bits per heavy atom. The van der Waals surface area contributed by atoms with E-state index in [-0.39, 0.29) is 5.69 Å². The van der Waals surface area contributed by atoms with Crippen molar-refractivity contribution in [1.29, 1.82) is 0 Å². The number of rotatable bonds is 4. The van der Waals surface area contributed by atoms with Crippen LogP contribution in [-0.2, 0) is 9.53 Å². The molecule has 0 saturated heterocycles. The van der Waals surface area contributed by atoms with Gasteiger partial charge < -0.3 is 10.1 Å². The Balaban J connectivity index is 2.50. The van der Waals surface area contributed by atoms with Crippen LogP contribution in [0.3, 0.4) is 0 Å². The highest BCUT2D eigenvalue weighted by Gasteiger charge is 2.29. The van der Waals surface area contributed by atoms with Gasteiger partial charge in [0.15, 0.2) is 0 Å². The summed E-state index contributed by atoms with van der Waals surface area (Å²) in [6, 6.07) is 5.01. The predicted octanol–water partition coefficient (Wildman–Crippen LogP) is 2.73. The van der Waals surface area contributed by atoms with Crippen molar-refractivity contribution in [2.24, 2.45) is 0 Å². The number of hydrogen-bond donors (Lipinski definition) is 1. The van der Waals surface area contributed by atoms with Gasteiger partial charge in [-0.15, -0.1) is 0 Å². The highest BCUT2D eigenvalue weighted by molar-refractivity contribution is 5.93. The molecule has 0 aliphatic rings. The molecule has 3 nitrogen and oxygen atoms in total. The summed E-state index contributed by atoms with van der Waals surface area (Å²) in [6.07, 6.45) is -5.78. The maximum Gasteiger partial charge on any atom is 0.411 e. The molecule has 0 fully saturated rings. The van der Waals surface area contributed by atoms with Gasteiger partial charge in [-0.05, 0) is 25.1 Å². The van der Waals surface area contributed by atoms with Crippen molar-refractivity contribution in [3.8, 4) is 0 Å². The van der Waals surface area contributed by atoms with Gasteiger partial charge in [0.25, 0.3) is 5.91 Å². The molecule has 0 heterocycles. The molecule has 1 aromatic carbocycles. The highest BCUT2D eigenvalue weighted by Crippen LogP contribution is 2.16. The largest absolute Gasteiger partial charge is 0.411 e. The van der Waals surface area contributed by atoms with Crippen molar-refractivity contribution >= 4 is 11.6 Å². The summed E-state index contributed by atoms with van der Waals surface area (Å²) in [4.78, 5) is 11.4. The molecule has 100 valence electrons. The summed E-state index contributed by atoms with van der Waals surface area (Å²) >= 11 is 0. The van der Waals surface area contributed by atoms with Crippen molar-refractivity contribution in [3.05, 3.63) is 30.1 Å². The number of carbonyl (C=O) groups is 1. The van der Waals surface area contributed by atoms with Crippen LogP contribution >= 0.6 is 0 Å². The number of amides is 1. The zero-order chi connectivity index (χ0) is 13.8. The second-order valence-electron chi connectivity index (χ2n) is 3.57. The SMILES string of the molecule is C[C@@H](OCC(F)(F)F)C(=O)Nc1cccc(F)c1. The first kappa shape index (κ1) is 14.4. The molecule has 0 aliphatic heterocycles. The fraction of sp³-hybridized carbons (Fsp3) is 0.364. The van der Waals surface area contributed by atoms with Gasteiger partial charge in [0.1, 0.15) is 18.5 Å². The average molecular weight is 265 g/mol. The first-order valence-electron chi connectivity index (χ1n) is 5.03. The number of hydrogen-bond acceptors (Lipinski definition) is 2. The van der Waals surface area contributed by atoms with Gasteiger partial charge in [-0.3, -0.25) is 4.79 Å². The third kappa shape index (κ3) is 5.13. The molecule has 18 heavy (non-hydrogen) atoms. The number of alkyl halides is 3. The van der Waals surface area contributed by atoms with E-state index in [0.717, 1.165) is 6.07 Å². The number of nitrogens with one attached hydrogen (secondary N) is 1. The molecule has 0 unspecified atom stereocenters. The van der Waals surface area contributed by atoms with Crippen molar-refractivity contribution in [1.82, 2.24) is 0 Å². The van der Waals surface area contributed by atoms with Crippen LogP contribution in [0.2, 0.25) is 0 Å². The van der Waals surface area contributed by atoms with Gasteiger partial charge in [0, 0.05) is 5.69 Å². The lowest BCUT2D eigenvalue weighted by atomic mass is 10.3. The summed E-state index contributed by atoms with van der Waals surface area (Å²) in [5.41, 5.74) is 0.155. The monoisotopic (exact) mass is 265 g/mol. The fourth-order valence-electron chi connectivity index (χ4n) is 1.11. The molecule has 0 aromatic heterocycles. The molecule has 0 aliphatic carbocycles. The highest BCUT2D eigenvalue weighted by atomic mass is 19.4. The van der Waals surface area contributed by atoms with E-state index in [4.69, 9.17) is 0 Å². The lowest BCUT2D eigenvalue weighted by Gasteiger charge is -2.14. The van der Waals surface area contributed by atoms with Crippen molar-refractivity contribution < 1.29 is 27.1 Å². The van der Waals surface area contributed by atoms with Crippen LogP contribution < -0.4 is 5.32 Å². The summed E-state index contributed by atoms with van der Waals surface area (Å²) in [5.74, 6) is -1.33. The van der Waals surface area contributed by atoms with Crippen molar-refractivity contribution in [2.45, 2.75) is 19.2 Å². The van der Waals surface area contributed by atoms with Gasteiger partial charge in [-0.25, -0.2) is 4.39 Å². The number of halogens is 4. The minimum absolute atomic E-state index is 0.155. The normalized spacial score (nSPS) is 13.2. The van der Waals surface area contributed by atoms with Crippen LogP contribution in [0.5, 0.6) is 0 Å². The Kier molecular flexibility index (Phi) is 4.66. The molecule has 0 spiro atoms. The van der Waals surface area contributed by atoms with Crippen LogP contribution in [0, 0.1) is 5.82 Å². The van der Waals surface area contributed by atoms with Gasteiger partial charge in [-0.2, -0.15) is 13.2 Å². The Morgan fingerprint density at radius 1 is 1.44 bits per heavy atom. The number of carbonyl (C=O) groups excluding carboxylic acids is 1. The molecular formula is C11H11F4NO2. The lowest BCUT2D eigenvalue weighted by molar-refractivity contribution is -0.184. The van der Waals surface area contributed by atoms with Crippen molar-refractivity contribution in [2.75, 3.05) is 11.9 Å². The zero-order valence-electron chi connectivity index (χ0n) is 9.42. The van der Waals surface area contributed by atoms with E-state index < -0.39 is 30.6 Å². The predicted molar refractivity (Wildman–Crippen MR) is 56.5 cm³/mol. The van der Waals surface area contributed by atoms with Gasteiger partial charge >= 0.3 is 6.18 Å². The fourth-order valence-corrected chi connectivity index (χ4v) is 1.11. The minimum Gasteiger partial charge on any atom is -0.359 e. The molecule has 1 rings (SSSR count). The Morgan fingerprint density at radius 3 is 2.67 bits per heavy atom. The molecule has 1 N–H and O–H groups in total. The molecule has 7 heteroatoms. The van der Waals surface area contributed by atoms with E-state index in [1.54, 1.807) is 0 Å². The number of ether oxygens (including phenoxy) is 1. The van der Waals surface area contributed by atoms with Gasteiger partial charge in [0.05, 0.1) is 0 Å². The first-order chi connectivity index (χ1) is 8.28. The lowest BCUT2D eigenvalue weighted by Crippen LogP contribution is -2.31. The maximum atomic E-state index is 12.8. The Hall–Kier alpha value is -1.63. The summed E-state index contributed by atoms with van der Waals surface area (Å²) < 4.78 is 52.7. The van der Waals surface area contributed by atoms with E-state index in [1.165, 1.54) is 25.1 Å². The molecule has 1 atom stereocenters. The first-order valence-corrected chi connectivity index (χ1v) is 5.03. The molecular weight excluding hydrogens is 254 g/mol. The second kappa shape index (κ2) is 5.81. The van der Waals surface area contributed by atoms with Gasteiger partial charge in [0.2, 0.25) is 0 Å². The van der Waals surface area contributed by atoms with E-state index in [0.29, 0.717) is 0 Å². The van der Waals surface area contributed by atoms with Crippen LogP contribution in [0.25, 0.3) is 0 Å². The summed E-state index contributed by atoms with van der Waals surface area (Å²) in [5, 5.41) is 2.25. The van der Waals surface area contributed by atoms with Crippen LogP contribution in [0.1, 0.15) is 6.92 Å². The molecule has 0 radical (unpaired) electrons. The standard InChI is InChI=1S/C11H11F4NO2/c1-7(18-6-11(13,14)15)10(17)16-9-4-2-3-8(12)5-9/h2-5,7H,6H2,1H3,(H,16,17)/t7-/m1/s1. The summed E-state index contributed by atoms with van der Waals surface area (Å²) in [6.45, 7) is -0.328. The Labute approximate surface area is 101 Å². The molecule has 0 saturated carbocycles. The minimum atomic E-state index is -4.49. The second-order valence-corrected chi connectivity index (χ2v) is 3.57. The van der Waals surface area contributed by atoms with Gasteiger partial charge in [-0.1, -0.05) is 6.07 Å². The van der Waals surface area contributed by atoms with E-state index in [1.807, 2.05) is 0 Å². The third-order valence-corrected chi connectivity index (χ3v) is 1.96. The maximum absolute atomic E-state index is 12.8. The van der Waals surface area contributed by atoms with Crippen molar-refractivity contribution in [3.63, 3.8) is 0 Å². The third-order valence-electron chi connectivity index (χ3n) is 1.96.